The number of fused-ring (bicyclic) bond motifs is 4. The van der Waals surface area contributed by atoms with Gasteiger partial charge in [0.1, 0.15) is 23.3 Å². The van der Waals surface area contributed by atoms with Gasteiger partial charge < -0.3 is 24.9 Å². The number of carbonyl (C=O) groups excluding carboxylic acids is 3. The molecule has 0 radical (unpaired) electrons. The lowest BCUT2D eigenvalue weighted by atomic mass is 9.68. The summed E-state index contributed by atoms with van der Waals surface area (Å²) in [6, 6.07) is 8.03. The maximum absolute atomic E-state index is 14.0. The highest BCUT2D eigenvalue weighted by Gasteiger charge is 2.62. The number of hydrogen-bond acceptors (Lipinski definition) is 8. The quantitative estimate of drug-likeness (QED) is 0.666. The summed E-state index contributed by atoms with van der Waals surface area (Å²) in [5, 5.41) is 0. The van der Waals surface area contributed by atoms with Crippen LogP contribution in [0, 0.1) is 6.92 Å². The lowest BCUT2D eigenvalue weighted by molar-refractivity contribution is -0.140. The highest BCUT2D eigenvalue weighted by atomic mass is 16.5. The molecule has 160 valence electrons. The van der Waals surface area contributed by atoms with Crippen LogP contribution in [0.2, 0.25) is 0 Å². The van der Waals surface area contributed by atoms with Crippen LogP contribution in [0.25, 0.3) is 0 Å². The van der Waals surface area contributed by atoms with E-state index in [4.69, 9.17) is 19.9 Å². The Balaban J connectivity index is 2.14. The van der Waals surface area contributed by atoms with Gasteiger partial charge in [0.15, 0.2) is 0 Å². The van der Waals surface area contributed by atoms with Gasteiger partial charge in [0.25, 0.3) is 5.56 Å². The van der Waals surface area contributed by atoms with E-state index in [0.717, 1.165) is 12.0 Å². The molecule has 1 amide bonds. The summed E-state index contributed by atoms with van der Waals surface area (Å²) in [7, 11) is 2.32. The molecule has 1 spiro atoms. The summed E-state index contributed by atoms with van der Waals surface area (Å²) in [6.45, 7) is 1.21. The third-order valence-electron chi connectivity index (χ3n) is 5.42. The van der Waals surface area contributed by atoms with Crippen molar-refractivity contribution in [1.82, 2.24) is 4.98 Å². The van der Waals surface area contributed by atoms with E-state index in [1.54, 1.807) is 31.2 Å². The van der Waals surface area contributed by atoms with Crippen molar-refractivity contribution in [2.24, 2.45) is 5.73 Å². The molecule has 0 fully saturated rings. The Morgan fingerprint density at radius 3 is 2.58 bits per heavy atom. The van der Waals surface area contributed by atoms with Crippen molar-refractivity contribution >= 4 is 23.5 Å². The summed E-state index contributed by atoms with van der Waals surface area (Å²) < 4.78 is 15.2. The molecule has 2 aliphatic heterocycles. The SMILES string of the molecule is COC(=O)CN1C(=O)C2(C(C(=O)OC)=C(N)Oc3cc(C)[nH]c(=O)c32)c2ccccc21. The van der Waals surface area contributed by atoms with Gasteiger partial charge >= 0.3 is 11.9 Å². The zero-order valence-corrected chi connectivity index (χ0v) is 17.0. The first-order chi connectivity index (χ1) is 14.8. The smallest absolute Gasteiger partial charge is 0.340 e. The number of H-pyrrole nitrogens is 1. The van der Waals surface area contributed by atoms with Crippen LogP contribution in [0.3, 0.4) is 0 Å². The van der Waals surface area contributed by atoms with Crippen molar-refractivity contribution in [3.63, 3.8) is 0 Å². The Bertz CT molecular complexity index is 1230. The first-order valence-electron chi connectivity index (χ1n) is 9.26. The van der Waals surface area contributed by atoms with E-state index >= 15 is 0 Å². The molecule has 0 saturated carbocycles. The van der Waals surface area contributed by atoms with Gasteiger partial charge in [0.2, 0.25) is 11.8 Å². The number of ether oxygens (including phenoxy) is 3. The molecule has 4 rings (SSSR count). The van der Waals surface area contributed by atoms with Gasteiger partial charge in [-0.25, -0.2) is 4.79 Å². The van der Waals surface area contributed by atoms with E-state index in [1.165, 1.54) is 13.2 Å². The van der Waals surface area contributed by atoms with E-state index in [0.29, 0.717) is 16.9 Å². The molecule has 1 atom stereocenters. The number of amides is 1. The maximum atomic E-state index is 14.0. The number of benzene rings is 1. The number of nitrogens with one attached hydrogen (secondary N) is 1. The van der Waals surface area contributed by atoms with E-state index in [9.17, 15) is 19.2 Å². The number of pyridine rings is 1. The molecule has 3 N–H and O–H groups in total. The number of para-hydroxylation sites is 1. The monoisotopic (exact) mass is 425 g/mol. The van der Waals surface area contributed by atoms with Gasteiger partial charge in [-0.15, -0.1) is 0 Å². The van der Waals surface area contributed by atoms with Crippen LogP contribution >= 0.6 is 0 Å². The molecular formula is C21H19N3O7. The number of carbonyl (C=O) groups is 3. The average molecular weight is 425 g/mol. The van der Waals surface area contributed by atoms with Gasteiger partial charge in [0.05, 0.1) is 19.8 Å². The lowest BCUT2D eigenvalue weighted by Crippen LogP contribution is -2.51. The Morgan fingerprint density at radius 1 is 1.19 bits per heavy atom. The third-order valence-corrected chi connectivity index (χ3v) is 5.42. The summed E-state index contributed by atoms with van der Waals surface area (Å²) in [6.07, 6.45) is 0. The number of anilines is 1. The minimum Gasteiger partial charge on any atom is -0.468 e. The topological polar surface area (TPSA) is 141 Å². The normalized spacial score (nSPS) is 19.1. The second kappa shape index (κ2) is 7.01. The molecular weight excluding hydrogens is 406 g/mol. The molecule has 2 aliphatic rings. The summed E-state index contributed by atoms with van der Waals surface area (Å²) in [5.41, 5.74) is 4.16. The summed E-state index contributed by atoms with van der Waals surface area (Å²) in [4.78, 5) is 55.8. The van der Waals surface area contributed by atoms with Crippen LogP contribution in [-0.2, 0) is 29.3 Å². The number of esters is 2. The van der Waals surface area contributed by atoms with Gasteiger partial charge in [-0.05, 0) is 13.0 Å². The third kappa shape index (κ3) is 2.64. The van der Waals surface area contributed by atoms with E-state index < -0.39 is 35.4 Å². The highest BCUT2D eigenvalue weighted by Crippen LogP contribution is 2.54. The predicted octanol–water partition coefficient (Wildman–Crippen LogP) is 0.225. The molecule has 0 aliphatic carbocycles. The van der Waals surface area contributed by atoms with Gasteiger partial charge in [-0.2, -0.15) is 0 Å². The molecule has 1 aromatic heterocycles. The number of aromatic nitrogens is 1. The average Bonchev–Trinajstić information content (AvgIpc) is 2.96. The van der Waals surface area contributed by atoms with Gasteiger partial charge in [-0.1, -0.05) is 18.2 Å². The molecule has 3 heterocycles. The molecule has 1 aromatic carbocycles. The van der Waals surface area contributed by atoms with Crippen LogP contribution in [0.5, 0.6) is 5.75 Å². The van der Waals surface area contributed by atoms with Gasteiger partial charge in [-0.3, -0.25) is 19.3 Å². The molecule has 2 aromatic rings. The van der Waals surface area contributed by atoms with Crippen molar-refractivity contribution in [3.05, 3.63) is 69.0 Å². The first kappa shape index (κ1) is 20.2. The molecule has 31 heavy (non-hydrogen) atoms. The lowest BCUT2D eigenvalue weighted by Gasteiger charge is -2.35. The van der Waals surface area contributed by atoms with Crippen LogP contribution in [0.1, 0.15) is 16.8 Å². The van der Waals surface area contributed by atoms with E-state index in [1.807, 2.05) is 0 Å². The Kier molecular flexibility index (Phi) is 4.57. The van der Waals surface area contributed by atoms with E-state index in [2.05, 4.69) is 4.98 Å². The van der Waals surface area contributed by atoms with Gasteiger partial charge in [0, 0.05) is 23.0 Å². The molecule has 0 bridgehead atoms. The van der Waals surface area contributed by atoms with Crippen molar-refractivity contribution in [3.8, 4) is 5.75 Å². The maximum Gasteiger partial charge on any atom is 0.340 e. The minimum absolute atomic E-state index is 0.0366. The highest BCUT2D eigenvalue weighted by molar-refractivity contribution is 6.19. The fourth-order valence-corrected chi connectivity index (χ4v) is 4.22. The van der Waals surface area contributed by atoms with Crippen molar-refractivity contribution < 1.29 is 28.6 Å². The largest absolute Gasteiger partial charge is 0.468 e. The Morgan fingerprint density at radius 2 is 1.90 bits per heavy atom. The number of methoxy groups -OCH3 is 2. The number of nitrogens with two attached hydrogens (primary N) is 1. The van der Waals surface area contributed by atoms with Crippen LogP contribution in [0.15, 0.2) is 46.6 Å². The first-order valence-corrected chi connectivity index (χ1v) is 9.26. The van der Waals surface area contributed by atoms with Crippen molar-refractivity contribution in [2.45, 2.75) is 12.3 Å². The number of aryl methyl sites for hydroxylation is 1. The number of nitrogens with zero attached hydrogens (tertiary/aromatic N) is 1. The summed E-state index contributed by atoms with van der Waals surface area (Å²) >= 11 is 0. The molecule has 10 heteroatoms. The van der Waals surface area contributed by atoms with Crippen LogP contribution in [0.4, 0.5) is 5.69 Å². The van der Waals surface area contributed by atoms with Crippen LogP contribution < -0.4 is 20.9 Å². The zero-order chi connectivity index (χ0) is 22.5. The van der Waals surface area contributed by atoms with Crippen molar-refractivity contribution in [2.75, 3.05) is 25.7 Å². The molecule has 1 unspecified atom stereocenters. The Labute approximate surface area is 176 Å². The Hall–Kier alpha value is -4.08. The van der Waals surface area contributed by atoms with Crippen molar-refractivity contribution in [1.29, 1.82) is 0 Å². The second-order valence-corrected chi connectivity index (χ2v) is 7.09. The standard InChI is InChI=1S/C21H19N3O7/c1-10-8-13-15(18(26)23-10)21(16(17(22)31-13)19(27)30-3)11-6-4-5-7-12(11)24(20(21)28)9-14(25)29-2/h4-8H,9,22H2,1-3H3,(H,23,26). The predicted molar refractivity (Wildman–Crippen MR) is 107 cm³/mol. The fourth-order valence-electron chi connectivity index (χ4n) is 4.22. The second-order valence-electron chi connectivity index (χ2n) is 7.09. The minimum atomic E-state index is -1.96. The van der Waals surface area contributed by atoms with E-state index in [-0.39, 0.29) is 22.8 Å². The fraction of sp³-hybridized carbons (Fsp3) is 0.238. The molecule has 0 saturated heterocycles. The number of aromatic amines is 1. The zero-order valence-electron chi connectivity index (χ0n) is 17.0. The van der Waals surface area contributed by atoms with Crippen LogP contribution in [-0.4, -0.2) is 43.6 Å². The molecule has 10 nitrogen and oxygen atoms in total. The summed E-state index contributed by atoms with van der Waals surface area (Å²) in [5.74, 6) is -2.67. The number of hydrogen-bond donors (Lipinski definition) is 2. The number of rotatable bonds is 3.